The summed E-state index contributed by atoms with van der Waals surface area (Å²) in [5.41, 5.74) is 0. The lowest BCUT2D eigenvalue weighted by Gasteiger charge is -2.31. The molecule has 0 aromatic carbocycles. The first kappa shape index (κ1) is 13.4. The minimum Gasteiger partial charge on any atom is -0.311 e. The molecule has 0 radical (unpaired) electrons. The molecule has 2 heteroatoms. The molecule has 2 aliphatic rings. The van der Waals surface area contributed by atoms with Crippen molar-refractivity contribution in [3.63, 3.8) is 0 Å². The predicted octanol–water partition coefficient (Wildman–Crippen LogP) is 3.03. The molecule has 100 valence electrons. The lowest BCUT2D eigenvalue weighted by Crippen LogP contribution is -2.42. The Hall–Kier alpha value is -0.0800. The topological polar surface area (TPSA) is 15.3 Å². The van der Waals surface area contributed by atoms with Gasteiger partial charge in [-0.05, 0) is 65.1 Å². The van der Waals surface area contributed by atoms with Gasteiger partial charge in [-0.3, -0.25) is 0 Å². The van der Waals surface area contributed by atoms with Crippen LogP contribution in [0.25, 0.3) is 0 Å². The molecular weight excluding hydrogens is 208 g/mol. The Morgan fingerprint density at radius 1 is 0.941 bits per heavy atom. The van der Waals surface area contributed by atoms with E-state index in [9.17, 15) is 0 Å². The summed E-state index contributed by atoms with van der Waals surface area (Å²) in [4.78, 5) is 2.48. The molecule has 1 aliphatic heterocycles. The first-order valence-corrected chi connectivity index (χ1v) is 7.70. The van der Waals surface area contributed by atoms with Gasteiger partial charge in [-0.1, -0.05) is 19.3 Å². The molecule has 1 N–H and O–H groups in total. The van der Waals surface area contributed by atoms with Gasteiger partial charge in [0.05, 0.1) is 0 Å². The highest BCUT2D eigenvalue weighted by Gasteiger charge is 2.23. The van der Waals surface area contributed by atoms with Crippen molar-refractivity contribution in [1.82, 2.24) is 10.2 Å². The van der Waals surface area contributed by atoms with E-state index in [4.69, 9.17) is 0 Å². The van der Waals surface area contributed by atoms with Crippen molar-refractivity contribution in [2.24, 2.45) is 5.92 Å². The summed E-state index contributed by atoms with van der Waals surface area (Å²) in [7, 11) is 2.26. The Labute approximate surface area is 107 Å². The van der Waals surface area contributed by atoms with Crippen LogP contribution in [0.1, 0.15) is 58.3 Å². The molecule has 1 unspecified atom stereocenters. The summed E-state index contributed by atoms with van der Waals surface area (Å²) in [5.74, 6) is 0.949. The molecule has 1 saturated heterocycles. The molecule has 2 rings (SSSR count). The van der Waals surface area contributed by atoms with Crippen LogP contribution in [0, 0.1) is 5.92 Å². The summed E-state index contributed by atoms with van der Waals surface area (Å²) in [6.45, 7) is 4.98. The lowest BCUT2D eigenvalue weighted by molar-refractivity contribution is 0.255. The van der Waals surface area contributed by atoms with Crippen molar-refractivity contribution in [2.75, 3.05) is 20.1 Å². The molecule has 1 aliphatic carbocycles. The molecule has 0 aromatic heterocycles. The SMILES string of the molecule is C[C@@H](NC1CCCN(C)CC1)C1CCCCC1. The number of nitrogens with one attached hydrogen (secondary N) is 1. The zero-order chi connectivity index (χ0) is 12.1. The molecule has 2 fully saturated rings. The van der Waals surface area contributed by atoms with E-state index >= 15 is 0 Å². The van der Waals surface area contributed by atoms with Crippen molar-refractivity contribution < 1.29 is 0 Å². The standard InChI is InChI=1S/C15H30N2/c1-13(14-7-4-3-5-8-14)16-15-9-6-11-17(2)12-10-15/h13-16H,3-12H2,1-2H3/t13-,15?/m1/s1. The monoisotopic (exact) mass is 238 g/mol. The minimum absolute atomic E-state index is 0.740. The lowest BCUT2D eigenvalue weighted by atomic mass is 9.84. The van der Waals surface area contributed by atoms with E-state index in [1.807, 2.05) is 0 Å². The highest BCUT2D eigenvalue weighted by atomic mass is 15.1. The van der Waals surface area contributed by atoms with Crippen molar-refractivity contribution in [3.05, 3.63) is 0 Å². The zero-order valence-corrected chi connectivity index (χ0v) is 11.8. The van der Waals surface area contributed by atoms with Gasteiger partial charge in [-0.25, -0.2) is 0 Å². The molecule has 2 nitrogen and oxygen atoms in total. The third-order valence-electron chi connectivity index (χ3n) is 4.81. The predicted molar refractivity (Wildman–Crippen MR) is 74.3 cm³/mol. The fourth-order valence-corrected chi connectivity index (χ4v) is 3.55. The van der Waals surface area contributed by atoms with Crippen molar-refractivity contribution in [1.29, 1.82) is 0 Å². The van der Waals surface area contributed by atoms with Crippen LogP contribution in [0.3, 0.4) is 0 Å². The average molecular weight is 238 g/mol. The second kappa shape index (κ2) is 6.75. The second-order valence-electron chi connectivity index (χ2n) is 6.28. The molecule has 1 heterocycles. The largest absolute Gasteiger partial charge is 0.311 e. The third kappa shape index (κ3) is 4.26. The number of rotatable bonds is 3. The van der Waals surface area contributed by atoms with Crippen LogP contribution in [0.5, 0.6) is 0 Å². The molecular formula is C15H30N2. The molecule has 0 spiro atoms. The van der Waals surface area contributed by atoms with E-state index in [-0.39, 0.29) is 0 Å². The van der Waals surface area contributed by atoms with Gasteiger partial charge in [-0.15, -0.1) is 0 Å². The van der Waals surface area contributed by atoms with Crippen molar-refractivity contribution in [3.8, 4) is 0 Å². The van der Waals surface area contributed by atoms with E-state index in [0.717, 1.165) is 18.0 Å². The van der Waals surface area contributed by atoms with E-state index in [1.54, 1.807) is 0 Å². The second-order valence-corrected chi connectivity index (χ2v) is 6.28. The van der Waals surface area contributed by atoms with E-state index in [2.05, 4.69) is 24.2 Å². The normalized spacial score (nSPS) is 31.1. The summed E-state index contributed by atoms with van der Waals surface area (Å²) < 4.78 is 0. The third-order valence-corrected chi connectivity index (χ3v) is 4.81. The molecule has 0 aromatic rings. The van der Waals surface area contributed by atoms with E-state index in [1.165, 1.54) is 64.5 Å². The van der Waals surface area contributed by atoms with Gasteiger partial charge in [0.1, 0.15) is 0 Å². The van der Waals surface area contributed by atoms with Gasteiger partial charge in [0.25, 0.3) is 0 Å². The number of nitrogens with zero attached hydrogens (tertiary/aromatic N) is 1. The minimum atomic E-state index is 0.740. The Morgan fingerprint density at radius 2 is 1.71 bits per heavy atom. The molecule has 0 bridgehead atoms. The van der Waals surface area contributed by atoms with Gasteiger partial charge in [-0.2, -0.15) is 0 Å². The quantitative estimate of drug-likeness (QED) is 0.813. The van der Waals surface area contributed by atoms with Crippen LogP contribution in [0.4, 0.5) is 0 Å². The fourth-order valence-electron chi connectivity index (χ4n) is 3.55. The summed E-state index contributed by atoms with van der Waals surface area (Å²) >= 11 is 0. The Bertz CT molecular complexity index is 211. The van der Waals surface area contributed by atoms with E-state index in [0.29, 0.717) is 0 Å². The highest BCUT2D eigenvalue weighted by Crippen LogP contribution is 2.27. The van der Waals surface area contributed by atoms with Crippen LogP contribution < -0.4 is 5.32 Å². The summed E-state index contributed by atoms with van der Waals surface area (Å²) in [6.07, 6.45) is 11.4. The highest BCUT2D eigenvalue weighted by molar-refractivity contribution is 4.81. The molecule has 0 amide bonds. The first-order chi connectivity index (χ1) is 8.25. The van der Waals surface area contributed by atoms with Crippen LogP contribution >= 0.6 is 0 Å². The van der Waals surface area contributed by atoms with Crippen LogP contribution in [-0.2, 0) is 0 Å². The summed E-state index contributed by atoms with van der Waals surface area (Å²) in [6, 6.07) is 1.51. The average Bonchev–Trinajstić information content (AvgIpc) is 2.56. The maximum Gasteiger partial charge on any atom is 0.00823 e. The van der Waals surface area contributed by atoms with Crippen LogP contribution in [-0.4, -0.2) is 37.1 Å². The Morgan fingerprint density at radius 3 is 2.47 bits per heavy atom. The molecule has 2 atom stereocenters. The number of hydrogen-bond acceptors (Lipinski definition) is 2. The number of likely N-dealkylation sites (tertiary alicyclic amines) is 1. The number of hydrogen-bond donors (Lipinski definition) is 1. The molecule has 1 saturated carbocycles. The maximum absolute atomic E-state index is 3.92. The van der Waals surface area contributed by atoms with Crippen molar-refractivity contribution >= 4 is 0 Å². The zero-order valence-electron chi connectivity index (χ0n) is 11.8. The van der Waals surface area contributed by atoms with Crippen molar-refractivity contribution in [2.45, 2.75) is 70.4 Å². The van der Waals surface area contributed by atoms with Crippen LogP contribution in [0.2, 0.25) is 0 Å². The summed E-state index contributed by atoms with van der Waals surface area (Å²) in [5, 5.41) is 3.92. The van der Waals surface area contributed by atoms with Gasteiger partial charge in [0.15, 0.2) is 0 Å². The van der Waals surface area contributed by atoms with Gasteiger partial charge >= 0.3 is 0 Å². The smallest absolute Gasteiger partial charge is 0.00823 e. The van der Waals surface area contributed by atoms with Gasteiger partial charge in [0.2, 0.25) is 0 Å². The van der Waals surface area contributed by atoms with Crippen LogP contribution in [0.15, 0.2) is 0 Å². The Kier molecular flexibility index (Phi) is 5.30. The van der Waals surface area contributed by atoms with Gasteiger partial charge in [0, 0.05) is 12.1 Å². The van der Waals surface area contributed by atoms with Gasteiger partial charge < -0.3 is 10.2 Å². The Balaban J connectivity index is 1.74. The van der Waals surface area contributed by atoms with E-state index < -0.39 is 0 Å². The maximum atomic E-state index is 3.92. The first-order valence-electron chi connectivity index (χ1n) is 7.70. The molecule has 17 heavy (non-hydrogen) atoms. The fraction of sp³-hybridized carbons (Fsp3) is 1.00.